The van der Waals surface area contributed by atoms with Gasteiger partial charge >= 0.3 is 0 Å². The van der Waals surface area contributed by atoms with Gasteiger partial charge in [-0.25, -0.2) is 0 Å². The molecule has 1 heterocycles. The zero-order valence-electron chi connectivity index (χ0n) is 11.9. The molecule has 1 N–H and O–H groups in total. The maximum atomic E-state index is 10.7. The van der Waals surface area contributed by atoms with Crippen LogP contribution < -0.4 is 10.5 Å². The van der Waals surface area contributed by atoms with Gasteiger partial charge in [0.25, 0.3) is 0 Å². The number of carboxylic acids is 1. The number of nitrogens with one attached hydrogen (secondary N) is 1. The van der Waals surface area contributed by atoms with Gasteiger partial charge in [-0.3, -0.25) is 5.43 Å². The van der Waals surface area contributed by atoms with E-state index in [9.17, 15) is 9.90 Å². The highest BCUT2D eigenvalue weighted by molar-refractivity contribution is 7.20. The van der Waals surface area contributed by atoms with Crippen molar-refractivity contribution < 1.29 is 9.90 Å². The first-order valence-corrected chi connectivity index (χ1v) is 7.56. The van der Waals surface area contributed by atoms with E-state index in [4.69, 9.17) is 0 Å². The zero-order valence-corrected chi connectivity index (χ0v) is 12.7. The Morgan fingerprint density at radius 3 is 2.55 bits per heavy atom. The molecule has 3 rings (SSSR count). The average molecular weight is 309 g/mol. The van der Waals surface area contributed by atoms with E-state index in [0.29, 0.717) is 0 Å². The zero-order chi connectivity index (χ0) is 15.5. The molecule has 0 saturated heterocycles. The fourth-order valence-corrected chi connectivity index (χ4v) is 3.05. The van der Waals surface area contributed by atoms with Gasteiger partial charge in [-0.1, -0.05) is 30.3 Å². The first-order chi connectivity index (χ1) is 10.6. The topological polar surface area (TPSA) is 64.5 Å². The van der Waals surface area contributed by atoms with Gasteiger partial charge in [0.1, 0.15) is 0 Å². The number of fused-ring (bicyclic) bond motifs is 1. The minimum Gasteiger partial charge on any atom is -0.545 e. The second-order valence-electron chi connectivity index (χ2n) is 4.82. The molecular weight excluding hydrogens is 296 g/mol. The number of anilines is 1. The molecule has 4 nitrogen and oxygen atoms in total. The Labute approximate surface area is 131 Å². The molecule has 110 valence electrons. The average Bonchev–Trinajstić information content (AvgIpc) is 2.97. The molecule has 3 aromatic rings. The van der Waals surface area contributed by atoms with Crippen LogP contribution in [0, 0.1) is 0 Å². The van der Waals surface area contributed by atoms with Crippen LogP contribution in [0.5, 0.6) is 0 Å². The summed E-state index contributed by atoms with van der Waals surface area (Å²) in [6, 6.07) is 16.6. The molecule has 0 unspecified atom stereocenters. The second kappa shape index (κ2) is 5.99. The van der Waals surface area contributed by atoms with Crippen molar-refractivity contribution in [3.05, 3.63) is 65.0 Å². The number of nitrogens with zero attached hydrogens (tertiary/aromatic N) is 1. The van der Waals surface area contributed by atoms with E-state index in [-0.39, 0.29) is 5.56 Å². The van der Waals surface area contributed by atoms with E-state index >= 15 is 0 Å². The molecule has 0 amide bonds. The van der Waals surface area contributed by atoms with Crippen LogP contribution in [0.3, 0.4) is 0 Å². The van der Waals surface area contributed by atoms with Crippen LogP contribution in [0.15, 0.2) is 59.7 Å². The van der Waals surface area contributed by atoms with Crippen LogP contribution in [0.2, 0.25) is 0 Å². The van der Waals surface area contributed by atoms with Crippen LogP contribution >= 0.6 is 11.3 Å². The number of rotatable bonds is 4. The summed E-state index contributed by atoms with van der Waals surface area (Å²) in [7, 11) is 0. The minimum atomic E-state index is -1.18. The van der Waals surface area contributed by atoms with E-state index < -0.39 is 5.97 Å². The number of thiophene rings is 1. The quantitative estimate of drug-likeness (QED) is 0.595. The van der Waals surface area contributed by atoms with Crippen LogP contribution in [0.4, 0.5) is 5.69 Å². The van der Waals surface area contributed by atoms with Crippen molar-refractivity contribution in [3.8, 4) is 0 Å². The smallest absolute Gasteiger partial charge is 0.0748 e. The number of hydrogen-bond donors (Lipinski definition) is 1. The molecule has 5 heteroatoms. The fourth-order valence-electron chi connectivity index (χ4n) is 2.04. The molecule has 0 spiro atoms. The normalized spacial score (nSPS) is 11.6. The van der Waals surface area contributed by atoms with Crippen LogP contribution in [0.25, 0.3) is 10.1 Å². The highest BCUT2D eigenvalue weighted by Crippen LogP contribution is 2.25. The van der Waals surface area contributed by atoms with Gasteiger partial charge < -0.3 is 9.90 Å². The Kier molecular flexibility index (Phi) is 3.89. The molecule has 0 atom stereocenters. The number of benzene rings is 2. The number of hydrogen-bond acceptors (Lipinski definition) is 5. The highest BCUT2D eigenvalue weighted by Gasteiger charge is 2.04. The number of hydrazone groups is 1. The maximum Gasteiger partial charge on any atom is 0.0748 e. The lowest BCUT2D eigenvalue weighted by atomic mass is 10.2. The summed E-state index contributed by atoms with van der Waals surface area (Å²) in [5.41, 5.74) is 4.69. The third kappa shape index (κ3) is 2.99. The Bertz CT molecular complexity index is 817. The van der Waals surface area contributed by atoms with Gasteiger partial charge in [-0.2, -0.15) is 5.10 Å². The molecule has 0 saturated carbocycles. The van der Waals surface area contributed by atoms with Crippen molar-refractivity contribution >= 4 is 38.8 Å². The van der Waals surface area contributed by atoms with Crippen molar-refractivity contribution in [2.75, 3.05) is 5.43 Å². The van der Waals surface area contributed by atoms with Gasteiger partial charge in [-0.05, 0) is 42.1 Å². The van der Waals surface area contributed by atoms with Crippen LogP contribution in [0.1, 0.15) is 22.2 Å². The van der Waals surface area contributed by atoms with E-state index in [1.54, 1.807) is 23.5 Å². The molecule has 0 aliphatic rings. The standard InChI is InChI=1S/C17H14N2O2S/c1-11(16-10-13-4-2-3-5-15(13)22-16)18-19-14-8-6-12(7-9-14)17(20)21/h2-10,19H,1H3,(H,20,21)/p-1/b18-11+. The number of carbonyl (C=O) groups excluding carboxylic acids is 1. The van der Waals surface area contributed by atoms with Crippen molar-refractivity contribution in [1.29, 1.82) is 0 Å². The van der Waals surface area contributed by atoms with Gasteiger partial charge in [-0.15, -0.1) is 11.3 Å². The maximum absolute atomic E-state index is 10.7. The lowest BCUT2D eigenvalue weighted by Crippen LogP contribution is -2.21. The third-order valence-electron chi connectivity index (χ3n) is 3.26. The lowest BCUT2D eigenvalue weighted by molar-refractivity contribution is -0.255. The molecule has 2 aromatic carbocycles. The van der Waals surface area contributed by atoms with Crippen molar-refractivity contribution in [2.45, 2.75) is 6.92 Å². The second-order valence-corrected chi connectivity index (χ2v) is 5.91. The molecule has 0 aliphatic heterocycles. The Morgan fingerprint density at radius 2 is 1.86 bits per heavy atom. The Hall–Kier alpha value is -2.66. The Balaban J connectivity index is 1.77. The molecule has 22 heavy (non-hydrogen) atoms. The minimum absolute atomic E-state index is 0.149. The number of carboxylic acid groups (broad SMARTS) is 1. The van der Waals surface area contributed by atoms with E-state index in [1.807, 2.05) is 19.1 Å². The first kappa shape index (κ1) is 14.3. The summed E-state index contributed by atoms with van der Waals surface area (Å²) in [6.45, 7) is 1.94. The van der Waals surface area contributed by atoms with Gasteiger partial charge in [0.05, 0.1) is 22.2 Å². The van der Waals surface area contributed by atoms with Gasteiger partial charge in [0.15, 0.2) is 0 Å². The molecule has 1 aromatic heterocycles. The Morgan fingerprint density at radius 1 is 1.14 bits per heavy atom. The largest absolute Gasteiger partial charge is 0.545 e. The number of carbonyl (C=O) groups is 1. The van der Waals surface area contributed by atoms with E-state index in [1.165, 1.54) is 22.2 Å². The summed E-state index contributed by atoms with van der Waals surface area (Å²) in [6.07, 6.45) is 0. The van der Waals surface area contributed by atoms with Crippen molar-refractivity contribution in [1.82, 2.24) is 0 Å². The third-order valence-corrected chi connectivity index (χ3v) is 4.48. The van der Waals surface area contributed by atoms with E-state index in [0.717, 1.165) is 16.3 Å². The monoisotopic (exact) mass is 309 g/mol. The van der Waals surface area contributed by atoms with Gasteiger partial charge in [0, 0.05) is 4.70 Å². The molecule has 0 bridgehead atoms. The van der Waals surface area contributed by atoms with Crippen LogP contribution in [-0.4, -0.2) is 11.7 Å². The fraction of sp³-hybridized carbons (Fsp3) is 0.0588. The summed E-state index contributed by atoms with van der Waals surface area (Å²) in [5, 5.41) is 16.2. The summed E-state index contributed by atoms with van der Waals surface area (Å²) in [5.74, 6) is -1.18. The first-order valence-electron chi connectivity index (χ1n) is 6.74. The molecular formula is C17H13N2O2S-. The van der Waals surface area contributed by atoms with Gasteiger partial charge in [0.2, 0.25) is 0 Å². The predicted octanol–water partition coefficient (Wildman–Crippen LogP) is 3.10. The summed E-state index contributed by atoms with van der Waals surface area (Å²) >= 11 is 1.69. The van der Waals surface area contributed by atoms with Crippen LogP contribution in [-0.2, 0) is 0 Å². The molecule has 0 aliphatic carbocycles. The van der Waals surface area contributed by atoms with Crippen molar-refractivity contribution in [3.63, 3.8) is 0 Å². The molecule has 0 radical (unpaired) electrons. The number of aromatic carboxylic acids is 1. The SMILES string of the molecule is C/C(=N\Nc1ccc(C(=O)[O-])cc1)c1cc2ccccc2s1. The highest BCUT2D eigenvalue weighted by atomic mass is 32.1. The molecule has 0 fully saturated rings. The van der Waals surface area contributed by atoms with E-state index in [2.05, 4.69) is 28.7 Å². The van der Waals surface area contributed by atoms with Crippen molar-refractivity contribution in [2.24, 2.45) is 5.10 Å². The predicted molar refractivity (Wildman–Crippen MR) is 88.4 cm³/mol. The summed E-state index contributed by atoms with van der Waals surface area (Å²) in [4.78, 5) is 11.8. The lowest BCUT2D eigenvalue weighted by Gasteiger charge is -2.05. The summed E-state index contributed by atoms with van der Waals surface area (Å²) < 4.78 is 1.23.